The van der Waals surface area contributed by atoms with Gasteiger partial charge in [-0.2, -0.15) is 0 Å². The van der Waals surface area contributed by atoms with Crippen LogP contribution in [0.3, 0.4) is 0 Å². The monoisotopic (exact) mass is 182 g/mol. The second-order valence-electron chi connectivity index (χ2n) is 2.74. The summed E-state index contributed by atoms with van der Waals surface area (Å²) in [6.45, 7) is 0.396. The van der Waals surface area contributed by atoms with E-state index in [1.165, 1.54) is 0 Å². The molecule has 1 unspecified atom stereocenters. The molecule has 1 atom stereocenters. The lowest BCUT2D eigenvalue weighted by atomic mass is 10.1. The van der Waals surface area contributed by atoms with Gasteiger partial charge in [-0.25, -0.2) is 0 Å². The standard InChI is InChI=1S/C9H14N2O2/c1-13-8-2-3-11-9(4-8)7(5-10)6-12/h2-4,7,12H,5-6,10H2,1H3. The molecular weight excluding hydrogens is 168 g/mol. The third-order valence-electron chi connectivity index (χ3n) is 1.91. The van der Waals surface area contributed by atoms with Gasteiger partial charge in [0.15, 0.2) is 0 Å². The predicted octanol–water partition coefficient (Wildman–Crippen LogP) is 0.125. The van der Waals surface area contributed by atoms with Crippen molar-refractivity contribution in [2.24, 2.45) is 5.73 Å². The van der Waals surface area contributed by atoms with Crippen LogP contribution in [0.1, 0.15) is 11.6 Å². The number of aliphatic hydroxyl groups is 1. The van der Waals surface area contributed by atoms with Gasteiger partial charge in [-0.1, -0.05) is 0 Å². The molecule has 4 heteroatoms. The van der Waals surface area contributed by atoms with Gasteiger partial charge in [0, 0.05) is 24.7 Å². The molecule has 0 spiro atoms. The number of nitrogens with zero attached hydrogens (tertiary/aromatic N) is 1. The van der Waals surface area contributed by atoms with Crippen LogP contribution in [0.4, 0.5) is 0 Å². The van der Waals surface area contributed by atoms with Crippen molar-refractivity contribution in [3.05, 3.63) is 24.0 Å². The van der Waals surface area contributed by atoms with Crippen molar-refractivity contribution in [2.45, 2.75) is 5.92 Å². The van der Waals surface area contributed by atoms with Crippen LogP contribution in [0.2, 0.25) is 0 Å². The van der Waals surface area contributed by atoms with E-state index in [4.69, 9.17) is 15.6 Å². The lowest BCUT2D eigenvalue weighted by molar-refractivity contribution is 0.265. The minimum absolute atomic E-state index is 0.0106. The van der Waals surface area contributed by atoms with Crippen LogP contribution < -0.4 is 10.5 Å². The number of nitrogens with two attached hydrogens (primary N) is 1. The Bertz CT molecular complexity index is 262. The fourth-order valence-electron chi connectivity index (χ4n) is 1.07. The van der Waals surface area contributed by atoms with Crippen molar-refractivity contribution in [3.63, 3.8) is 0 Å². The molecule has 1 aromatic rings. The maximum atomic E-state index is 8.98. The van der Waals surface area contributed by atoms with Gasteiger partial charge in [0.1, 0.15) is 5.75 Å². The Kier molecular flexibility index (Phi) is 3.67. The van der Waals surface area contributed by atoms with E-state index in [2.05, 4.69) is 4.98 Å². The van der Waals surface area contributed by atoms with Gasteiger partial charge in [-0.15, -0.1) is 0 Å². The largest absolute Gasteiger partial charge is 0.497 e. The van der Waals surface area contributed by atoms with Gasteiger partial charge in [0.05, 0.1) is 19.4 Å². The first-order valence-electron chi connectivity index (χ1n) is 4.12. The van der Waals surface area contributed by atoms with E-state index in [1.54, 1.807) is 25.4 Å². The number of ether oxygens (including phenoxy) is 1. The SMILES string of the molecule is COc1ccnc(C(CN)CO)c1. The summed E-state index contributed by atoms with van der Waals surface area (Å²) in [5, 5.41) is 8.98. The maximum Gasteiger partial charge on any atom is 0.122 e. The molecule has 0 fully saturated rings. The first-order chi connectivity index (χ1) is 6.31. The van der Waals surface area contributed by atoms with E-state index >= 15 is 0 Å². The molecule has 1 aromatic heterocycles. The van der Waals surface area contributed by atoms with E-state index in [9.17, 15) is 0 Å². The average molecular weight is 182 g/mol. The molecule has 0 saturated heterocycles. The van der Waals surface area contributed by atoms with Crippen molar-refractivity contribution >= 4 is 0 Å². The summed E-state index contributed by atoms with van der Waals surface area (Å²) in [6.07, 6.45) is 1.65. The first-order valence-corrected chi connectivity index (χ1v) is 4.12. The Labute approximate surface area is 77.4 Å². The number of methoxy groups -OCH3 is 1. The number of rotatable bonds is 4. The summed E-state index contributed by atoms with van der Waals surface area (Å²) >= 11 is 0. The average Bonchev–Trinajstić information content (AvgIpc) is 2.20. The van der Waals surface area contributed by atoms with E-state index in [0.29, 0.717) is 6.54 Å². The second kappa shape index (κ2) is 4.79. The molecule has 0 saturated carbocycles. The van der Waals surface area contributed by atoms with Crippen LogP contribution in [0.15, 0.2) is 18.3 Å². The van der Waals surface area contributed by atoms with Crippen molar-refractivity contribution in [1.82, 2.24) is 4.98 Å². The third-order valence-corrected chi connectivity index (χ3v) is 1.91. The molecule has 0 amide bonds. The van der Waals surface area contributed by atoms with Crippen molar-refractivity contribution in [1.29, 1.82) is 0 Å². The Morgan fingerprint density at radius 2 is 2.46 bits per heavy atom. The van der Waals surface area contributed by atoms with E-state index in [0.717, 1.165) is 11.4 Å². The number of pyridine rings is 1. The zero-order valence-corrected chi connectivity index (χ0v) is 7.60. The minimum Gasteiger partial charge on any atom is -0.497 e. The van der Waals surface area contributed by atoms with Gasteiger partial charge in [-0.3, -0.25) is 4.98 Å². The number of hydrogen-bond acceptors (Lipinski definition) is 4. The van der Waals surface area contributed by atoms with Crippen molar-refractivity contribution in [2.75, 3.05) is 20.3 Å². The van der Waals surface area contributed by atoms with E-state index in [1.807, 2.05) is 0 Å². The lowest BCUT2D eigenvalue weighted by Gasteiger charge is -2.11. The summed E-state index contributed by atoms with van der Waals surface area (Å²) in [7, 11) is 1.59. The molecular formula is C9H14N2O2. The van der Waals surface area contributed by atoms with Gasteiger partial charge < -0.3 is 15.6 Å². The Morgan fingerprint density at radius 1 is 1.69 bits per heavy atom. The summed E-state index contributed by atoms with van der Waals surface area (Å²) in [5.41, 5.74) is 6.23. The number of aromatic nitrogens is 1. The lowest BCUT2D eigenvalue weighted by Crippen LogP contribution is -2.17. The Hall–Kier alpha value is -1.13. The maximum absolute atomic E-state index is 8.98. The molecule has 0 radical (unpaired) electrons. The molecule has 0 aromatic carbocycles. The minimum atomic E-state index is -0.102. The highest BCUT2D eigenvalue weighted by atomic mass is 16.5. The highest BCUT2D eigenvalue weighted by Crippen LogP contribution is 2.16. The van der Waals surface area contributed by atoms with Gasteiger partial charge in [-0.05, 0) is 6.07 Å². The van der Waals surface area contributed by atoms with Crippen LogP contribution in [0, 0.1) is 0 Å². The molecule has 0 bridgehead atoms. The molecule has 0 aliphatic rings. The third kappa shape index (κ3) is 2.40. The molecule has 1 rings (SSSR count). The Balaban J connectivity index is 2.86. The highest BCUT2D eigenvalue weighted by molar-refractivity contribution is 5.24. The first kappa shape index (κ1) is 9.95. The molecule has 72 valence electrons. The molecule has 0 aliphatic carbocycles. The quantitative estimate of drug-likeness (QED) is 0.694. The fraction of sp³-hybridized carbons (Fsp3) is 0.444. The van der Waals surface area contributed by atoms with Gasteiger partial charge >= 0.3 is 0 Å². The van der Waals surface area contributed by atoms with Crippen LogP contribution >= 0.6 is 0 Å². The zero-order chi connectivity index (χ0) is 9.68. The molecule has 4 nitrogen and oxygen atoms in total. The van der Waals surface area contributed by atoms with E-state index in [-0.39, 0.29) is 12.5 Å². The van der Waals surface area contributed by atoms with Gasteiger partial charge in [0.25, 0.3) is 0 Å². The predicted molar refractivity (Wildman–Crippen MR) is 49.7 cm³/mol. The van der Waals surface area contributed by atoms with Crippen LogP contribution in [-0.2, 0) is 0 Å². The van der Waals surface area contributed by atoms with Crippen molar-refractivity contribution in [3.8, 4) is 5.75 Å². The van der Waals surface area contributed by atoms with Crippen molar-refractivity contribution < 1.29 is 9.84 Å². The van der Waals surface area contributed by atoms with E-state index < -0.39 is 0 Å². The zero-order valence-electron chi connectivity index (χ0n) is 7.60. The summed E-state index contributed by atoms with van der Waals surface area (Å²) < 4.78 is 5.03. The summed E-state index contributed by atoms with van der Waals surface area (Å²) in [4.78, 5) is 4.11. The molecule has 13 heavy (non-hydrogen) atoms. The van der Waals surface area contributed by atoms with Gasteiger partial charge in [0.2, 0.25) is 0 Å². The molecule has 3 N–H and O–H groups in total. The number of hydrogen-bond donors (Lipinski definition) is 2. The molecule has 1 heterocycles. The Morgan fingerprint density at radius 3 is 3.00 bits per heavy atom. The normalized spacial score (nSPS) is 12.5. The van der Waals surface area contributed by atoms with Crippen LogP contribution in [-0.4, -0.2) is 30.4 Å². The summed E-state index contributed by atoms with van der Waals surface area (Å²) in [5.74, 6) is 0.631. The summed E-state index contributed by atoms with van der Waals surface area (Å²) in [6, 6.07) is 3.54. The fourth-order valence-corrected chi connectivity index (χ4v) is 1.07. The highest BCUT2D eigenvalue weighted by Gasteiger charge is 2.09. The molecule has 0 aliphatic heterocycles. The smallest absolute Gasteiger partial charge is 0.122 e. The van der Waals surface area contributed by atoms with Crippen LogP contribution in [0.5, 0.6) is 5.75 Å². The number of aliphatic hydroxyl groups excluding tert-OH is 1. The van der Waals surface area contributed by atoms with Crippen LogP contribution in [0.25, 0.3) is 0 Å². The topological polar surface area (TPSA) is 68.4 Å². The second-order valence-corrected chi connectivity index (χ2v) is 2.74.